The molecule has 0 aliphatic carbocycles. The molecule has 1 N–H and O–H groups in total. The van der Waals surface area contributed by atoms with E-state index < -0.39 is 23.5 Å². The molecule has 19 heavy (non-hydrogen) atoms. The van der Waals surface area contributed by atoms with Gasteiger partial charge in [0.1, 0.15) is 0 Å². The average Bonchev–Trinajstić information content (AvgIpc) is 2.81. The Balaban J connectivity index is 2.48. The molecule has 0 amide bonds. The van der Waals surface area contributed by atoms with Gasteiger partial charge < -0.3 is 5.32 Å². The van der Waals surface area contributed by atoms with Crippen LogP contribution in [0.15, 0.2) is 27.4 Å². The first kappa shape index (κ1) is 14.6. The minimum Gasteiger partial charge on any atom is -0.306 e. The Morgan fingerprint density at radius 1 is 1.26 bits per heavy atom. The molecule has 0 radical (unpaired) electrons. The number of halogens is 4. The zero-order valence-corrected chi connectivity index (χ0v) is 12.4. The number of nitrogens with one attached hydrogen (secondary N) is 1. The Morgan fingerprint density at radius 3 is 2.58 bits per heavy atom. The van der Waals surface area contributed by atoms with Crippen LogP contribution in [0.3, 0.4) is 0 Å². The quantitative estimate of drug-likeness (QED) is 0.793. The van der Waals surface area contributed by atoms with E-state index in [1.807, 2.05) is 18.4 Å². The van der Waals surface area contributed by atoms with E-state index in [0.717, 1.165) is 15.4 Å². The van der Waals surface area contributed by atoms with Crippen LogP contribution in [0.4, 0.5) is 13.2 Å². The van der Waals surface area contributed by atoms with Gasteiger partial charge in [-0.3, -0.25) is 0 Å². The van der Waals surface area contributed by atoms with Crippen molar-refractivity contribution in [3.05, 3.63) is 55.9 Å². The van der Waals surface area contributed by atoms with Gasteiger partial charge >= 0.3 is 0 Å². The molecular weight excluding hydrogens is 339 g/mol. The van der Waals surface area contributed by atoms with Crippen molar-refractivity contribution in [3.8, 4) is 0 Å². The van der Waals surface area contributed by atoms with Crippen molar-refractivity contribution in [2.45, 2.75) is 13.0 Å². The van der Waals surface area contributed by atoms with Crippen molar-refractivity contribution in [3.63, 3.8) is 0 Å². The standard InChI is InChI=1S/C13H11BrF3NS/c1-2-18-13(7-5-10(14)19-6-7)8-3-4-9(15)12(17)11(8)16/h3-6,13,18H,2H2,1H3. The predicted octanol–water partition coefficient (Wildman–Crippen LogP) is 4.63. The molecule has 0 fully saturated rings. The van der Waals surface area contributed by atoms with Gasteiger partial charge in [-0.1, -0.05) is 13.0 Å². The van der Waals surface area contributed by atoms with Crippen LogP contribution in [0, 0.1) is 17.5 Å². The Bertz CT molecular complexity index is 585. The van der Waals surface area contributed by atoms with Crippen LogP contribution in [-0.4, -0.2) is 6.54 Å². The number of hydrogen-bond acceptors (Lipinski definition) is 2. The van der Waals surface area contributed by atoms with Gasteiger partial charge in [0.2, 0.25) is 0 Å². The van der Waals surface area contributed by atoms with Crippen LogP contribution >= 0.6 is 27.3 Å². The van der Waals surface area contributed by atoms with Gasteiger partial charge in [0.25, 0.3) is 0 Å². The van der Waals surface area contributed by atoms with Gasteiger partial charge in [0, 0.05) is 5.56 Å². The summed E-state index contributed by atoms with van der Waals surface area (Å²) >= 11 is 4.78. The zero-order chi connectivity index (χ0) is 14.0. The third-order valence-electron chi connectivity index (χ3n) is 2.71. The number of thiophene rings is 1. The van der Waals surface area contributed by atoms with Crippen molar-refractivity contribution in [1.29, 1.82) is 0 Å². The molecule has 102 valence electrons. The second-order valence-electron chi connectivity index (χ2n) is 3.94. The predicted molar refractivity (Wildman–Crippen MR) is 73.9 cm³/mol. The first-order valence-electron chi connectivity index (χ1n) is 5.65. The molecule has 1 aromatic carbocycles. The van der Waals surface area contributed by atoms with Crippen LogP contribution in [-0.2, 0) is 0 Å². The van der Waals surface area contributed by atoms with Crippen molar-refractivity contribution >= 4 is 27.3 Å². The maximum Gasteiger partial charge on any atom is 0.194 e. The van der Waals surface area contributed by atoms with Gasteiger partial charge in [0.15, 0.2) is 17.5 Å². The first-order valence-corrected chi connectivity index (χ1v) is 7.32. The van der Waals surface area contributed by atoms with Crippen LogP contribution in [0.5, 0.6) is 0 Å². The van der Waals surface area contributed by atoms with Crippen molar-refractivity contribution in [2.24, 2.45) is 0 Å². The van der Waals surface area contributed by atoms with Gasteiger partial charge in [-0.2, -0.15) is 0 Å². The van der Waals surface area contributed by atoms with E-state index in [2.05, 4.69) is 21.2 Å². The number of benzene rings is 1. The lowest BCUT2D eigenvalue weighted by molar-refractivity contribution is 0.433. The van der Waals surface area contributed by atoms with E-state index >= 15 is 0 Å². The summed E-state index contributed by atoms with van der Waals surface area (Å²) in [4.78, 5) is 0. The number of rotatable bonds is 4. The summed E-state index contributed by atoms with van der Waals surface area (Å²) in [6.45, 7) is 2.45. The molecule has 1 unspecified atom stereocenters. The summed E-state index contributed by atoms with van der Waals surface area (Å²) in [5, 5.41) is 4.92. The molecule has 0 spiro atoms. The monoisotopic (exact) mass is 349 g/mol. The highest BCUT2D eigenvalue weighted by Gasteiger charge is 2.22. The lowest BCUT2D eigenvalue weighted by Gasteiger charge is -2.18. The fourth-order valence-corrected chi connectivity index (χ4v) is 3.05. The Kier molecular flexibility index (Phi) is 4.65. The van der Waals surface area contributed by atoms with Gasteiger partial charge in [-0.05, 0) is 45.6 Å². The lowest BCUT2D eigenvalue weighted by Crippen LogP contribution is -2.23. The molecule has 2 rings (SSSR count). The van der Waals surface area contributed by atoms with E-state index in [0.29, 0.717) is 6.54 Å². The minimum atomic E-state index is -1.44. The Morgan fingerprint density at radius 2 is 2.00 bits per heavy atom. The van der Waals surface area contributed by atoms with Crippen LogP contribution in [0.2, 0.25) is 0 Å². The summed E-state index contributed by atoms with van der Waals surface area (Å²) < 4.78 is 41.1. The van der Waals surface area contributed by atoms with Gasteiger partial charge in [-0.25, -0.2) is 13.2 Å². The van der Waals surface area contributed by atoms with Crippen molar-refractivity contribution in [1.82, 2.24) is 5.32 Å². The Hall–Kier alpha value is -0.850. The van der Waals surface area contributed by atoms with E-state index in [-0.39, 0.29) is 5.56 Å². The fraction of sp³-hybridized carbons (Fsp3) is 0.231. The molecule has 0 aliphatic heterocycles. The zero-order valence-electron chi connectivity index (χ0n) is 10.0. The molecular formula is C13H11BrF3NS. The van der Waals surface area contributed by atoms with Crippen LogP contribution < -0.4 is 5.32 Å². The largest absolute Gasteiger partial charge is 0.306 e. The van der Waals surface area contributed by atoms with Crippen molar-refractivity contribution in [2.75, 3.05) is 6.54 Å². The van der Waals surface area contributed by atoms with Gasteiger partial charge in [-0.15, -0.1) is 11.3 Å². The summed E-state index contributed by atoms with van der Waals surface area (Å²) in [7, 11) is 0. The van der Waals surface area contributed by atoms with Gasteiger partial charge in [0.05, 0.1) is 9.83 Å². The summed E-state index contributed by atoms with van der Waals surface area (Å²) in [5.74, 6) is -3.76. The average molecular weight is 350 g/mol. The molecule has 0 saturated heterocycles. The maximum absolute atomic E-state index is 13.9. The van der Waals surface area contributed by atoms with Crippen LogP contribution in [0.25, 0.3) is 0 Å². The fourth-order valence-electron chi connectivity index (χ4n) is 1.85. The van der Waals surface area contributed by atoms with E-state index in [1.165, 1.54) is 17.4 Å². The highest BCUT2D eigenvalue weighted by molar-refractivity contribution is 9.11. The highest BCUT2D eigenvalue weighted by atomic mass is 79.9. The molecule has 1 heterocycles. The van der Waals surface area contributed by atoms with E-state index in [9.17, 15) is 13.2 Å². The smallest absolute Gasteiger partial charge is 0.194 e. The second kappa shape index (κ2) is 6.07. The maximum atomic E-state index is 13.9. The number of hydrogen-bond donors (Lipinski definition) is 1. The summed E-state index contributed by atoms with van der Waals surface area (Å²) in [6.07, 6.45) is 0. The molecule has 6 heteroatoms. The first-order chi connectivity index (χ1) is 9.04. The molecule has 0 aliphatic rings. The molecule has 2 aromatic rings. The molecule has 1 nitrogen and oxygen atoms in total. The molecule has 1 aromatic heterocycles. The second-order valence-corrected chi connectivity index (χ2v) is 6.23. The lowest BCUT2D eigenvalue weighted by atomic mass is 10.0. The topological polar surface area (TPSA) is 12.0 Å². The third-order valence-corrected chi connectivity index (χ3v) is 4.23. The highest BCUT2D eigenvalue weighted by Crippen LogP contribution is 2.31. The van der Waals surface area contributed by atoms with Crippen molar-refractivity contribution < 1.29 is 13.2 Å². The van der Waals surface area contributed by atoms with Crippen LogP contribution in [0.1, 0.15) is 24.1 Å². The Labute approximate surface area is 121 Å². The SMILES string of the molecule is CCNC(c1csc(Br)c1)c1ccc(F)c(F)c1F. The van der Waals surface area contributed by atoms with E-state index in [4.69, 9.17) is 0 Å². The molecule has 1 atom stereocenters. The minimum absolute atomic E-state index is 0.103. The molecule has 0 bridgehead atoms. The summed E-state index contributed by atoms with van der Waals surface area (Å²) in [6, 6.07) is 3.55. The molecule has 0 saturated carbocycles. The summed E-state index contributed by atoms with van der Waals surface area (Å²) in [5.41, 5.74) is 0.912. The third kappa shape index (κ3) is 3.01. The van der Waals surface area contributed by atoms with E-state index in [1.54, 1.807) is 0 Å². The normalized spacial score (nSPS) is 12.7.